The molecule has 0 saturated heterocycles. The average Bonchev–Trinajstić information content (AvgIpc) is 2.82. The molecule has 3 aromatic rings. The zero-order chi connectivity index (χ0) is 21.9. The van der Waals surface area contributed by atoms with Crippen molar-refractivity contribution >= 4 is 12.1 Å². The van der Waals surface area contributed by atoms with Gasteiger partial charge in [-0.2, -0.15) is 5.10 Å². The molecule has 1 amide bonds. The van der Waals surface area contributed by atoms with E-state index in [-0.39, 0.29) is 12.3 Å². The molecule has 0 fully saturated rings. The van der Waals surface area contributed by atoms with Gasteiger partial charge in [-0.3, -0.25) is 4.79 Å². The lowest BCUT2D eigenvalue weighted by Gasteiger charge is -2.11. The van der Waals surface area contributed by atoms with Gasteiger partial charge in [0.05, 0.1) is 19.4 Å². The molecule has 0 heterocycles. The second-order valence-corrected chi connectivity index (χ2v) is 6.94. The predicted molar refractivity (Wildman–Crippen MR) is 120 cm³/mol. The van der Waals surface area contributed by atoms with Gasteiger partial charge in [-0.15, -0.1) is 0 Å². The maximum Gasteiger partial charge on any atom is 0.240 e. The number of carbonyl (C=O) groups excluding carboxylic acids is 1. The first-order valence-electron chi connectivity index (χ1n) is 10.1. The summed E-state index contributed by atoms with van der Waals surface area (Å²) in [5.74, 6) is 0.945. The number of nitrogens with zero attached hydrogens (tertiary/aromatic N) is 1. The van der Waals surface area contributed by atoms with Crippen molar-refractivity contribution in [2.75, 3.05) is 7.11 Å². The molecular weight excluding hydrogens is 392 g/mol. The minimum absolute atomic E-state index is 0.170. The molecule has 6 nitrogen and oxygen atoms in total. The van der Waals surface area contributed by atoms with Crippen molar-refractivity contribution in [1.29, 1.82) is 0 Å². The van der Waals surface area contributed by atoms with Crippen LogP contribution in [0, 0.1) is 0 Å². The van der Waals surface area contributed by atoms with E-state index in [4.69, 9.17) is 9.47 Å². The summed E-state index contributed by atoms with van der Waals surface area (Å²) in [4.78, 5) is 12.0. The molecule has 0 spiro atoms. The maximum atomic E-state index is 12.0. The monoisotopic (exact) mass is 418 g/mol. The molecule has 1 atom stereocenters. The zero-order valence-corrected chi connectivity index (χ0v) is 17.4. The Kier molecular flexibility index (Phi) is 8.20. The number of rotatable bonds is 10. The minimum atomic E-state index is -0.677. The van der Waals surface area contributed by atoms with Gasteiger partial charge in [0.2, 0.25) is 5.91 Å². The molecule has 31 heavy (non-hydrogen) atoms. The highest BCUT2D eigenvalue weighted by Gasteiger charge is 2.10. The second-order valence-electron chi connectivity index (χ2n) is 6.94. The average molecular weight is 418 g/mol. The molecule has 6 heteroatoms. The van der Waals surface area contributed by atoms with Gasteiger partial charge < -0.3 is 14.6 Å². The third-order valence-electron chi connectivity index (χ3n) is 4.66. The van der Waals surface area contributed by atoms with Gasteiger partial charge in [-0.05, 0) is 41.3 Å². The number of methoxy groups -OCH3 is 1. The second kappa shape index (κ2) is 11.5. The van der Waals surface area contributed by atoms with Crippen molar-refractivity contribution < 1.29 is 19.4 Å². The van der Waals surface area contributed by atoms with Crippen LogP contribution < -0.4 is 14.9 Å². The molecule has 0 aliphatic rings. The summed E-state index contributed by atoms with van der Waals surface area (Å²) in [6, 6.07) is 24.6. The van der Waals surface area contributed by atoms with Crippen LogP contribution in [0.15, 0.2) is 84.0 Å². The Balaban J connectivity index is 1.49. The summed E-state index contributed by atoms with van der Waals surface area (Å²) in [5, 5.41) is 14.1. The van der Waals surface area contributed by atoms with Crippen LogP contribution in [0.5, 0.6) is 11.5 Å². The quantitative estimate of drug-likeness (QED) is 0.381. The van der Waals surface area contributed by atoms with Crippen LogP contribution in [0.25, 0.3) is 0 Å². The highest BCUT2D eigenvalue weighted by atomic mass is 16.5. The predicted octanol–water partition coefficient (Wildman–Crippen LogP) is 4.24. The fourth-order valence-corrected chi connectivity index (χ4v) is 2.96. The van der Waals surface area contributed by atoms with Crippen molar-refractivity contribution in [2.45, 2.75) is 25.6 Å². The summed E-state index contributed by atoms with van der Waals surface area (Å²) in [6.45, 7) is 0.440. The van der Waals surface area contributed by atoms with E-state index in [1.54, 1.807) is 19.2 Å². The van der Waals surface area contributed by atoms with E-state index < -0.39 is 6.10 Å². The van der Waals surface area contributed by atoms with Gasteiger partial charge >= 0.3 is 0 Å². The Morgan fingerprint density at radius 3 is 2.45 bits per heavy atom. The summed E-state index contributed by atoms with van der Waals surface area (Å²) in [6.07, 6.45) is 1.36. The number of aliphatic hydroxyl groups excluding tert-OH is 1. The maximum absolute atomic E-state index is 12.0. The van der Waals surface area contributed by atoms with Gasteiger partial charge in [0, 0.05) is 6.42 Å². The van der Waals surface area contributed by atoms with Crippen LogP contribution in [0.2, 0.25) is 0 Å². The van der Waals surface area contributed by atoms with E-state index in [0.717, 1.165) is 16.7 Å². The highest BCUT2D eigenvalue weighted by molar-refractivity contribution is 5.83. The summed E-state index contributed by atoms with van der Waals surface area (Å²) >= 11 is 0. The van der Waals surface area contributed by atoms with Crippen LogP contribution in [-0.4, -0.2) is 24.3 Å². The third kappa shape index (κ3) is 6.97. The number of carbonyl (C=O) groups is 1. The summed E-state index contributed by atoms with van der Waals surface area (Å²) < 4.78 is 11.2. The number of ether oxygens (including phenoxy) is 2. The molecule has 0 aliphatic heterocycles. The van der Waals surface area contributed by atoms with Crippen molar-refractivity contribution in [3.05, 3.63) is 95.6 Å². The minimum Gasteiger partial charge on any atom is -0.493 e. The van der Waals surface area contributed by atoms with Crippen LogP contribution in [-0.2, 0) is 11.4 Å². The third-order valence-corrected chi connectivity index (χ3v) is 4.66. The van der Waals surface area contributed by atoms with Gasteiger partial charge in [-0.1, -0.05) is 60.7 Å². The number of benzene rings is 3. The normalized spacial score (nSPS) is 11.8. The molecule has 160 valence electrons. The molecule has 0 aromatic heterocycles. The lowest BCUT2D eigenvalue weighted by Crippen LogP contribution is -2.18. The number of aliphatic hydroxyl groups is 1. The topological polar surface area (TPSA) is 80.2 Å². The lowest BCUT2D eigenvalue weighted by molar-refractivity contribution is -0.121. The van der Waals surface area contributed by atoms with Crippen molar-refractivity contribution in [2.24, 2.45) is 5.10 Å². The first kappa shape index (κ1) is 22.1. The van der Waals surface area contributed by atoms with E-state index in [1.165, 1.54) is 6.21 Å². The van der Waals surface area contributed by atoms with Gasteiger partial charge in [0.25, 0.3) is 0 Å². The lowest BCUT2D eigenvalue weighted by atomic mass is 10.1. The molecular formula is C25H26N2O4. The first-order valence-corrected chi connectivity index (χ1v) is 10.1. The standard InChI is InChI=1S/C25H26N2O4/c1-30-24-16-20(12-14-23(24)31-18-19-8-4-2-5-9-19)17-26-27-25(29)15-13-22(28)21-10-6-3-7-11-21/h2-12,14,16-17,22,28H,13,15,18H2,1H3,(H,27,29)/b26-17-/t22-/m0/s1. The number of nitrogens with one attached hydrogen (secondary N) is 1. The molecule has 0 unspecified atom stereocenters. The fraction of sp³-hybridized carbons (Fsp3) is 0.200. The molecule has 3 aromatic carbocycles. The van der Waals surface area contributed by atoms with E-state index in [9.17, 15) is 9.90 Å². The van der Waals surface area contributed by atoms with Crippen LogP contribution in [0.4, 0.5) is 0 Å². The Labute approximate surface area is 182 Å². The van der Waals surface area contributed by atoms with Gasteiger partial charge in [0.15, 0.2) is 11.5 Å². The zero-order valence-electron chi connectivity index (χ0n) is 17.4. The Hall–Kier alpha value is -3.64. The van der Waals surface area contributed by atoms with E-state index in [2.05, 4.69) is 10.5 Å². The van der Waals surface area contributed by atoms with Crippen LogP contribution in [0.1, 0.15) is 35.6 Å². The Bertz CT molecular complexity index is 991. The van der Waals surface area contributed by atoms with E-state index in [0.29, 0.717) is 24.5 Å². The molecule has 0 saturated carbocycles. The van der Waals surface area contributed by atoms with Crippen LogP contribution >= 0.6 is 0 Å². The van der Waals surface area contributed by atoms with E-state index in [1.807, 2.05) is 66.7 Å². The fourth-order valence-electron chi connectivity index (χ4n) is 2.96. The Morgan fingerprint density at radius 2 is 1.74 bits per heavy atom. The highest BCUT2D eigenvalue weighted by Crippen LogP contribution is 2.28. The largest absolute Gasteiger partial charge is 0.493 e. The summed E-state index contributed by atoms with van der Waals surface area (Å²) in [7, 11) is 1.57. The molecule has 0 bridgehead atoms. The van der Waals surface area contributed by atoms with Crippen LogP contribution in [0.3, 0.4) is 0 Å². The first-order chi connectivity index (χ1) is 15.2. The number of amides is 1. The van der Waals surface area contributed by atoms with Crippen molar-refractivity contribution in [3.8, 4) is 11.5 Å². The molecule has 0 radical (unpaired) electrons. The number of hydrogen-bond donors (Lipinski definition) is 2. The molecule has 0 aliphatic carbocycles. The molecule has 2 N–H and O–H groups in total. The molecule has 3 rings (SSSR count). The smallest absolute Gasteiger partial charge is 0.240 e. The van der Waals surface area contributed by atoms with Gasteiger partial charge in [0.1, 0.15) is 6.61 Å². The number of hydrazone groups is 1. The SMILES string of the molecule is COc1cc(/C=N\NC(=O)CC[C@H](O)c2ccccc2)ccc1OCc1ccccc1. The summed E-state index contributed by atoms with van der Waals surface area (Å²) in [5.41, 5.74) is 5.10. The number of hydrogen-bond acceptors (Lipinski definition) is 5. The Morgan fingerprint density at radius 1 is 1.03 bits per heavy atom. The van der Waals surface area contributed by atoms with Crippen molar-refractivity contribution in [1.82, 2.24) is 5.43 Å². The van der Waals surface area contributed by atoms with E-state index >= 15 is 0 Å². The van der Waals surface area contributed by atoms with Crippen molar-refractivity contribution in [3.63, 3.8) is 0 Å². The van der Waals surface area contributed by atoms with Gasteiger partial charge in [-0.25, -0.2) is 5.43 Å².